The third-order valence-corrected chi connectivity index (χ3v) is 3.78. The fraction of sp³-hybridized carbons (Fsp3) is 0.538. The molecule has 8 heteroatoms. The van der Waals surface area contributed by atoms with Crippen LogP contribution in [0.4, 0.5) is 5.82 Å². The number of aryl methyl sites for hydroxylation is 2. The van der Waals surface area contributed by atoms with Gasteiger partial charge in [0.05, 0.1) is 5.75 Å². The number of carbonyl (C=O) groups excluding carboxylic acids is 1. The van der Waals surface area contributed by atoms with Gasteiger partial charge >= 0.3 is 0 Å². The van der Waals surface area contributed by atoms with E-state index in [1.165, 1.54) is 11.8 Å². The van der Waals surface area contributed by atoms with Crippen molar-refractivity contribution in [3.8, 4) is 0 Å². The highest BCUT2D eigenvalue weighted by Gasteiger charge is 2.13. The van der Waals surface area contributed by atoms with Crippen LogP contribution < -0.4 is 5.32 Å². The summed E-state index contributed by atoms with van der Waals surface area (Å²) in [6.07, 6.45) is 1.92. The molecule has 0 aliphatic heterocycles. The van der Waals surface area contributed by atoms with Crippen LogP contribution in [0.3, 0.4) is 0 Å². The van der Waals surface area contributed by atoms with Gasteiger partial charge < -0.3 is 14.4 Å². The predicted octanol–water partition coefficient (Wildman–Crippen LogP) is 2.28. The molecular formula is C13H19N5O2S. The molecule has 2 rings (SSSR count). The van der Waals surface area contributed by atoms with Gasteiger partial charge in [-0.15, -0.1) is 10.2 Å². The zero-order chi connectivity index (χ0) is 15.2. The first-order chi connectivity index (χ1) is 10.1. The lowest BCUT2D eigenvalue weighted by Gasteiger charge is -2.06. The van der Waals surface area contributed by atoms with Crippen LogP contribution in [0.15, 0.2) is 15.7 Å². The fourth-order valence-electron chi connectivity index (χ4n) is 1.89. The molecule has 0 fully saturated rings. The number of anilines is 1. The van der Waals surface area contributed by atoms with E-state index < -0.39 is 0 Å². The summed E-state index contributed by atoms with van der Waals surface area (Å²) < 4.78 is 6.94. The zero-order valence-corrected chi connectivity index (χ0v) is 13.2. The van der Waals surface area contributed by atoms with Crippen LogP contribution in [-0.4, -0.2) is 31.6 Å². The van der Waals surface area contributed by atoms with E-state index in [-0.39, 0.29) is 11.7 Å². The van der Waals surface area contributed by atoms with Crippen LogP contribution in [0.1, 0.15) is 31.9 Å². The van der Waals surface area contributed by atoms with Crippen molar-refractivity contribution in [2.75, 3.05) is 11.1 Å². The molecule has 0 aliphatic carbocycles. The second-order valence-corrected chi connectivity index (χ2v) is 5.50. The number of hydrogen-bond donors (Lipinski definition) is 1. The number of carbonyl (C=O) groups is 1. The number of thioether (sulfide) groups is 1. The summed E-state index contributed by atoms with van der Waals surface area (Å²) in [6, 6.07) is 1.68. The summed E-state index contributed by atoms with van der Waals surface area (Å²) in [7, 11) is 0. The number of hydrogen-bond acceptors (Lipinski definition) is 6. The van der Waals surface area contributed by atoms with Gasteiger partial charge in [0.1, 0.15) is 11.6 Å². The van der Waals surface area contributed by atoms with Gasteiger partial charge in [-0.1, -0.05) is 23.8 Å². The first kappa shape index (κ1) is 15.6. The topological polar surface area (TPSA) is 85.8 Å². The molecule has 2 aromatic heterocycles. The normalized spacial score (nSPS) is 10.8. The predicted molar refractivity (Wildman–Crippen MR) is 80.3 cm³/mol. The maximum Gasteiger partial charge on any atom is 0.236 e. The molecule has 114 valence electrons. The SMILES string of the molecule is CCCc1nnc(SCC(=O)Nc2cc(C)on2)n1CC. The zero-order valence-electron chi connectivity index (χ0n) is 12.4. The number of nitrogens with zero attached hydrogens (tertiary/aromatic N) is 4. The van der Waals surface area contributed by atoms with Gasteiger partial charge in [-0.2, -0.15) is 0 Å². The Hall–Kier alpha value is -1.83. The van der Waals surface area contributed by atoms with Crippen LogP contribution in [0.2, 0.25) is 0 Å². The maximum absolute atomic E-state index is 11.9. The van der Waals surface area contributed by atoms with E-state index in [9.17, 15) is 4.79 Å². The summed E-state index contributed by atoms with van der Waals surface area (Å²) >= 11 is 1.37. The Morgan fingerprint density at radius 2 is 2.24 bits per heavy atom. The molecule has 0 bridgehead atoms. The molecule has 0 saturated carbocycles. The lowest BCUT2D eigenvalue weighted by Crippen LogP contribution is -2.15. The minimum atomic E-state index is -0.143. The molecule has 0 aliphatic rings. The summed E-state index contributed by atoms with van der Waals surface area (Å²) in [5, 5.41) is 15.5. The molecule has 1 amide bonds. The highest BCUT2D eigenvalue weighted by atomic mass is 32.2. The molecule has 0 unspecified atom stereocenters. The van der Waals surface area contributed by atoms with Crippen molar-refractivity contribution in [3.63, 3.8) is 0 Å². The van der Waals surface area contributed by atoms with E-state index >= 15 is 0 Å². The molecule has 1 N–H and O–H groups in total. The molecule has 0 atom stereocenters. The Kier molecular flexibility index (Phi) is 5.38. The standard InChI is InChI=1S/C13H19N5O2S/c1-4-6-11-15-16-13(18(11)5-2)21-8-12(19)14-10-7-9(3)20-17-10/h7H,4-6,8H2,1-3H3,(H,14,17,19). The summed E-state index contributed by atoms with van der Waals surface area (Å²) in [5.41, 5.74) is 0. The van der Waals surface area contributed by atoms with Gasteiger partial charge in [-0.25, -0.2) is 0 Å². The maximum atomic E-state index is 11.9. The van der Waals surface area contributed by atoms with E-state index in [2.05, 4.69) is 27.6 Å². The van der Waals surface area contributed by atoms with Gasteiger partial charge in [0.2, 0.25) is 5.91 Å². The number of nitrogens with one attached hydrogen (secondary N) is 1. The first-order valence-corrected chi connectivity index (χ1v) is 7.90. The van der Waals surface area contributed by atoms with Gasteiger partial charge in [0.15, 0.2) is 11.0 Å². The fourth-order valence-corrected chi connectivity index (χ4v) is 2.71. The Balaban J connectivity index is 1.91. The van der Waals surface area contributed by atoms with Crippen molar-refractivity contribution in [2.24, 2.45) is 0 Å². The van der Waals surface area contributed by atoms with Crippen molar-refractivity contribution < 1.29 is 9.32 Å². The number of aromatic nitrogens is 4. The Bertz CT molecular complexity index is 607. The second-order valence-electron chi connectivity index (χ2n) is 4.55. The summed E-state index contributed by atoms with van der Waals surface area (Å²) in [4.78, 5) is 11.9. The number of rotatable bonds is 7. The van der Waals surface area contributed by atoms with Crippen LogP contribution in [-0.2, 0) is 17.8 Å². The van der Waals surface area contributed by atoms with E-state index in [4.69, 9.17) is 4.52 Å². The molecule has 0 radical (unpaired) electrons. The smallest absolute Gasteiger partial charge is 0.236 e. The minimum absolute atomic E-state index is 0.143. The van der Waals surface area contributed by atoms with Crippen LogP contribution >= 0.6 is 11.8 Å². The van der Waals surface area contributed by atoms with Crippen molar-refractivity contribution in [1.29, 1.82) is 0 Å². The van der Waals surface area contributed by atoms with Crippen molar-refractivity contribution >= 4 is 23.5 Å². The number of amides is 1. The van der Waals surface area contributed by atoms with Crippen molar-refractivity contribution in [3.05, 3.63) is 17.7 Å². The van der Waals surface area contributed by atoms with Gasteiger partial charge in [0, 0.05) is 19.0 Å². The molecule has 21 heavy (non-hydrogen) atoms. The van der Waals surface area contributed by atoms with Gasteiger partial charge in [0.25, 0.3) is 0 Å². The first-order valence-electron chi connectivity index (χ1n) is 6.92. The summed E-state index contributed by atoms with van der Waals surface area (Å²) in [6.45, 7) is 6.73. The van der Waals surface area contributed by atoms with Crippen LogP contribution in [0.25, 0.3) is 0 Å². The van der Waals surface area contributed by atoms with Crippen LogP contribution in [0, 0.1) is 6.92 Å². The second kappa shape index (κ2) is 7.26. The lowest BCUT2D eigenvalue weighted by molar-refractivity contribution is -0.113. The summed E-state index contributed by atoms with van der Waals surface area (Å²) in [5.74, 6) is 2.18. The lowest BCUT2D eigenvalue weighted by atomic mass is 10.3. The van der Waals surface area contributed by atoms with Crippen molar-refractivity contribution in [2.45, 2.75) is 45.3 Å². The molecule has 7 nitrogen and oxygen atoms in total. The molecule has 2 aromatic rings. The van der Waals surface area contributed by atoms with Crippen molar-refractivity contribution in [1.82, 2.24) is 19.9 Å². The van der Waals surface area contributed by atoms with E-state index in [1.807, 2.05) is 11.5 Å². The average molecular weight is 309 g/mol. The third-order valence-electron chi connectivity index (χ3n) is 2.81. The molecule has 0 aromatic carbocycles. The van der Waals surface area contributed by atoms with Gasteiger partial charge in [-0.05, 0) is 20.3 Å². The van der Waals surface area contributed by atoms with E-state index in [1.54, 1.807) is 13.0 Å². The molecule has 0 saturated heterocycles. The monoisotopic (exact) mass is 309 g/mol. The highest BCUT2D eigenvalue weighted by Crippen LogP contribution is 2.18. The Morgan fingerprint density at radius 3 is 2.86 bits per heavy atom. The molecular weight excluding hydrogens is 290 g/mol. The van der Waals surface area contributed by atoms with Crippen LogP contribution in [0.5, 0.6) is 0 Å². The molecule has 0 spiro atoms. The molecule has 2 heterocycles. The van der Waals surface area contributed by atoms with E-state index in [0.29, 0.717) is 11.6 Å². The Labute approximate surface area is 127 Å². The van der Waals surface area contributed by atoms with E-state index in [0.717, 1.165) is 30.4 Å². The highest BCUT2D eigenvalue weighted by molar-refractivity contribution is 7.99. The Morgan fingerprint density at radius 1 is 1.43 bits per heavy atom. The average Bonchev–Trinajstić information content (AvgIpc) is 3.03. The minimum Gasteiger partial charge on any atom is -0.360 e. The van der Waals surface area contributed by atoms with Gasteiger partial charge in [-0.3, -0.25) is 4.79 Å². The third kappa shape index (κ3) is 4.07. The quantitative estimate of drug-likeness (QED) is 0.790. The largest absolute Gasteiger partial charge is 0.360 e.